The zero-order valence-electron chi connectivity index (χ0n) is 5.13. The maximum atomic E-state index is 5.24. The van der Waals surface area contributed by atoms with Gasteiger partial charge in [-0.3, -0.25) is 0 Å². The molecule has 0 bridgehead atoms. The van der Waals surface area contributed by atoms with Crippen LogP contribution >= 0.6 is 0 Å². The Kier molecular flexibility index (Phi) is 0.873. The van der Waals surface area contributed by atoms with Crippen LogP contribution in [0.15, 0.2) is 10.8 Å². The molecular weight excluding hydrogens is 118 g/mol. The van der Waals surface area contributed by atoms with E-state index in [1.54, 1.807) is 6.26 Å². The quantitative estimate of drug-likeness (QED) is 0.523. The first kappa shape index (κ1) is 4.99. The van der Waals surface area contributed by atoms with E-state index in [4.69, 9.17) is 9.26 Å². The van der Waals surface area contributed by atoms with Crippen molar-refractivity contribution < 1.29 is 9.26 Å². The minimum Gasteiger partial charge on any atom is -0.367 e. The van der Waals surface area contributed by atoms with Gasteiger partial charge in [-0.15, -0.1) is 0 Å². The molecule has 1 aromatic heterocycles. The SMILES string of the molecule is C[C@H]1OCc2nocc21. The van der Waals surface area contributed by atoms with Gasteiger partial charge in [0.1, 0.15) is 12.0 Å². The lowest BCUT2D eigenvalue weighted by atomic mass is 10.2. The first-order valence-electron chi connectivity index (χ1n) is 2.92. The molecule has 0 amide bonds. The summed E-state index contributed by atoms with van der Waals surface area (Å²) in [5.41, 5.74) is 2.04. The van der Waals surface area contributed by atoms with Gasteiger partial charge in [-0.05, 0) is 6.92 Å². The van der Waals surface area contributed by atoms with Gasteiger partial charge in [0.25, 0.3) is 0 Å². The van der Waals surface area contributed by atoms with Crippen molar-refractivity contribution >= 4 is 0 Å². The van der Waals surface area contributed by atoms with Crippen molar-refractivity contribution in [1.29, 1.82) is 0 Å². The Bertz CT molecular complexity index is 219. The van der Waals surface area contributed by atoms with E-state index in [0.717, 1.165) is 11.3 Å². The maximum absolute atomic E-state index is 5.24. The van der Waals surface area contributed by atoms with E-state index < -0.39 is 0 Å². The summed E-state index contributed by atoms with van der Waals surface area (Å²) in [6.45, 7) is 2.59. The van der Waals surface area contributed by atoms with Crippen LogP contribution in [0, 0.1) is 0 Å². The Morgan fingerprint density at radius 3 is 3.44 bits per heavy atom. The number of hydrogen-bond donors (Lipinski definition) is 0. The second-order valence-corrected chi connectivity index (χ2v) is 2.17. The third-order valence-electron chi connectivity index (χ3n) is 1.58. The molecule has 2 heterocycles. The average molecular weight is 125 g/mol. The third kappa shape index (κ3) is 0.580. The third-order valence-corrected chi connectivity index (χ3v) is 1.58. The Morgan fingerprint density at radius 2 is 2.67 bits per heavy atom. The van der Waals surface area contributed by atoms with Crippen molar-refractivity contribution in [3.63, 3.8) is 0 Å². The summed E-state index contributed by atoms with van der Waals surface area (Å²) in [5.74, 6) is 0. The first-order chi connectivity index (χ1) is 4.38. The van der Waals surface area contributed by atoms with Gasteiger partial charge >= 0.3 is 0 Å². The lowest BCUT2D eigenvalue weighted by Gasteiger charge is -1.96. The van der Waals surface area contributed by atoms with Crippen LogP contribution in [0.3, 0.4) is 0 Å². The minimum atomic E-state index is 0.172. The Labute approximate surface area is 52.6 Å². The molecule has 0 aromatic carbocycles. The largest absolute Gasteiger partial charge is 0.367 e. The van der Waals surface area contributed by atoms with E-state index >= 15 is 0 Å². The summed E-state index contributed by atoms with van der Waals surface area (Å²) in [5, 5.41) is 3.75. The van der Waals surface area contributed by atoms with Crippen LogP contribution in [0.5, 0.6) is 0 Å². The van der Waals surface area contributed by atoms with Crippen LogP contribution in [0.1, 0.15) is 24.3 Å². The molecule has 9 heavy (non-hydrogen) atoms. The molecule has 0 fully saturated rings. The highest BCUT2D eigenvalue weighted by Crippen LogP contribution is 2.28. The maximum Gasteiger partial charge on any atom is 0.129 e. The zero-order chi connectivity index (χ0) is 6.27. The standard InChI is InChI=1S/C6H7NO2/c1-4-5-2-9-7-6(5)3-8-4/h2,4H,3H2,1H3/t4-/m1/s1. The summed E-state index contributed by atoms with van der Waals surface area (Å²) in [6.07, 6.45) is 1.82. The fourth-order valence-corrected chi connectivity index (χ4v) is 1.00. The molecule has 1 atom stereocenters. The van der Waals surface area contributed by atoms with Crippen LogP contribution < -0.4 is 0 Å². The molecule has 0 saturated carbocycles. The van der Waals surface area contributed by atoms with Crippen molar-refractivity contribution in [2.75, 3.05) is 0 Å². The van der Waals surface area contributed by atoms with Crippen molar-refractivity contribution in [3.05, 3.63) is 17.5 Å². The van der Waals surface area contributed by atoms with Crippen LogP contribution in [0.2, 0.25) is 0 Å². The summed E-state index contributed by atoms with van der Waals surface area (Å²) in [7, 11) is 0. The molecule has 1 aliphatic heterocycles. The van der Waals surface area contributed by atoms with Gasteiger partial charge in [-0.25, -0.2) is 0 Å². The molecule has 3 nitrogen and oxygen atoms in total. The van der Waals surface area contributed by atoms with E-state index in [9.17, 15) is 0 Å². The zero-order valence-corrected chi connectivity index (χ0v) is 5.13. The second-order valence-electron chi connectivity index (χ2n) is 2.17. The molecule has 0 aliphatic carbocycles. The van der Waals surface area contributed by atoms with Crippen molar-refractivity contribution in [1.82, 2.24) is 5.16 Å². The topological polar surface area (TPSA) is 35.3 Å². The average Bonchev–Trinajstić information content (AvgIpc) is 2.35. The molecule has 3 heteroatoms. The molecule has 0 saturated heterocycles. The molecular formula is C6H7NO2. The van der Waals surface area contributed by atoms with Crippen LogP contribution in [0.25, 0.3) is 0 Å². The number of fused-ring (bicyclic) bond motifs is 1. The normalized spacial score (nSPS) is 24.3. The smallest absolute Gasteiger partial charge is 0.129 e. The highest BCUT2D eigenvalue weighted by molar-refractivity contribution is 5.19. The predicted octanol–water partition coefficient (Wildman–Crippen LogP) is 1.27. The van der Waals surface area contributed by atoms with Gasteiger partial charge < -0.3 is 9.26 Å². The minimum absolute atomic E-state index is 0.172. The van der Waals surface area contributed by atoms with Crippen LogP contribution in [-0.2, 0) is 11.3 Å². The molecule has 48 valence electrons. The van der Waals surface area contributed by atoms with Gasteiger partial charge in [-0.1, -0.05) is 5.16 Å². The number of hydrogen-bond acceptors (Lipinski definition) is 3. The molecule has 2 rings (SSSR count). The highest BCUT2D eigenvalue weighted by Gasteiger charge is 2.22. The lowest BCUT2D eigenvalue weighted by Crippen LogP contribution is -1.84. The van der Waals surface area contributed by atoms with E-state index in [-0.39, 0.29) is 6.10 Å². The predicted molar refractivity (Wildman–Crippen MR) is 29.7 cm³/mol. The molecule has 0 N–H and O–H groups in total. The molecule has 1 aromatic rings. The molecule has 0 unspecified atom stereocenters. The first-order valence-corrected chi connectivity index (χ1v) is 2.92. The summed E-state index contributed by atoms with van der Waals surface area (Å²) < 4.78 is 9.97. The fourth-order valence-electron chi connectivity index (χ4n) is 1.00. The molecule has 0 radical (unpaired) electrons. The van der Waals surface area contributed by atoms with Crippen molar-refractivity contribution in [2.24, 2.45) is 0 Å². The summed E-state index contributed by atoms with van der Waals surface area (Å²) >= 11 is 0. The van der Waals surface area contributed by atoms with Crippen LogP contribution in [0.4, 0.5) is 0 Å². The fraction of sp³-hybridized carbons (Fsp3) is 0.500. The molecule has 1 aliphatic rings. The van der Waals surface area contributed by atoms with Crippen LogP contribution in [-0.4, -0.2) is 5.16 Å². The number of aromatic nitrogens is 1. The second kappa shape index (κ2) is 1.57. The van der Waals surface area contributed by atoms with Gasteiger partial charge in [0.2, 0.25) is 0 Å². The summed E-state index contributed by atoms with van der Waals surface area (Å²) in [6, 6.07) is 0. The van der Waals surface area contributed by atoms with Crippen molar-refractivity contribution in [3.8, 4) is 0 Å². The Balaban J connectivity index is 2.49. The number of ether oxygens (including phenoxy) is 1. The highest BCUT2D eigenvalue weighted by atomic mass is 16.5. The van der Waals surface area contributed by atoms with E-state index in [0.29, 0.717) is 6.61 Å². The van der Waals surface area contributed by atoms with Gasteiger partial charge in [-0.2, -0.15) is 0 Å². The Morgan fingerprint density at radius 1 is 1.78 bits per heavy atom. The number of nitrogens with zero attached hydrogens (tertiary/aromatic N) is 1. The monoisotopic (exact) mass is 125 g/mol. The van der Waals surface area contributed by atoms with Gasteiger partial charge in [0.05, 0.1) is 12.7 Å². The van der Waals surface area contributed by atoms with E-state index in [1.165, 1.54) is 0 Å². The van der Waals surface area contributed by atoms with Crippen molar-refractivity contribution in [2.45, 2.75) is 19.6 Å². The number of rotatable bonds is 0. The van der Waals surface area contributed by atoms with Gasteiger partial charge in [0.15, 0.2) is 0 Å². The summed E-state index contributed by atoms with van der Waals surface area (Å²) in [4.78, 5) is 0. The lowest BCUT2D eigenvalue weighted by molar-refractivity contribution is 0.0735. The van der Waals surface area contributed by atoms with E-state index in [2.05, 4.69) is 5.16 Å². The van der Waals surface area contributed by atoms with E-state index in [1.807, 2.05) is 6.92 Å². The van der Waals surface area contributed by atoms with Gasteiger partial charge in [0, 0.05) is 5.56 Å². The Hall–Kier alpha value is -0.830. The molecule has 0 spiro atoms.